The molecule has 0 bridgehead atoms. The van der Waals surface area contributed by atoms with Crippen LogP contribution >= 0.6 is 15.9 Å². The van der Waals surface area contributed by atoms with Gasteiger partial charge in [-0.2, -0.15) is 0 Å². The Bertz CT molecular complexity index is 355. The fourth-order valence-electron chi connectivity index (χ4n) is 0.932. The number of halogens is 2. The minimum Gasteiger partial charge on any atom is -0.479 e. The molecule has 82 valence electrons. The number of carbonyl (C=O) groups excluding carboxylic acids is 1. The average molecular weight is 277 g/mol. The van der Waals surface area contributed by atoms with Crippen molar-refractivity contribution in [3.05, 3.63) is 28.5 Å². The number of ether oxygens (including phenoxy) is 2. The van der Waals surface area contributed by atoms with E-state index in [1.165, 1.54) is 12.1 Å². The molecule has 1 rings (SSSR count). The molecule has 0 aliphatic heterocycles. The number of hydrogen-bond donors (Lipinski definition) is 0. The predicted octanol–water partition coefficient (Wildman–Crippen LogP) is 2.53. The zero-order valence-electron chi connectivity index (χ0n) is 8.13. The van der Waals surface area contributed by atoms with E-state index in [0.29, 0.717) is 4.47 Å². The van der Waals surface area contributed by atoms with Crippen LogP contribution in [0.1, 0.15) is 6.92 Å². The fourth-order valence-corrected chi connectivity index (χ4v) is 1.26. The van der Waals surface area contributed by atoms with E-state index in [4.69, 9.17) is 4.74 Å². The largest absolute Gasteiger partial charge is 0.479 e. The first-order valence-corrected chi connectivity index (χ1v) is 5.16. The molecule has 5 heteroatoms. The van der Waals surface area contributed by atoms with E-state index >= 15 is 0 Å². The van der Waals surface area contributed by atoms with Gasteiger partial charge in [0.1, 0.15) is 0 Å². The molecule has 1 aromatic carbocycles. The maximum Gasteiger partial charge on any atom is 0.344 e. The number of esters is 1. The molecule has 0 spiro atoms. The molecule has 0 amide bonds. The van der Waals surface area contributed by atoms with Crippen molar-refractivity contribution in [1.29, 1.82) is 0 Å². The Hall–Kier alpha value is -1.10. The van der Waals surface area contributed by atoms with Crippen molar-refractivity contribution in [1.82, 2.24) is 0 Å². The van der Waals surface area contributed by atoms with Crippen molar-refractivity contribution in [2.75, 3.05) is 13.2 Å². The average Bonchev–Trinajstić information content (AvgIpc) is 2.17. The van der Waals surface area contributed by atoms with Crippen molar-refractivity contribution in [2.24, 2.45) is 0 Å². The Kier molecular flexibility index (Phi) is 4.55. The van der Waals surface area contributed by atoms with Crippen molar-refractivity contribution in [3.8, 4) is 5.75 Å². The van der Waals surface area contributed by atoms with Crippen LogP contribution < -0.4 is 4.74 Å². The normalized spacial score (nSPS) is 9.80. The molecular weight excluding hydrogens is 267 g/mol. The highest BCUT2D eigenvalue weighted by molar-refractivity contribution is 9.10. The van der Waals surface area contributed by atoms with Gasteiger partial charge in [-0.15, -0.1) is 0 Å². The van der Waals surface area contributed by atoms with Crippen molar-refractivity contribution in [2.45, 2.75) is 6.92 Å². The van der Waals surface area contributed by atoms with Gasteiger partial charge >= 0.3 is 5.97 Å². The van der Waals surface area contributed by atoms with Crippen LogP contribution in [-0.2, 0) is 9.53 Å². The van der Waals surface area contributed by atoms with Crippen LogP contribution in [0.5, 0.6) is 5.75 Å². The van der Waals surface area contributed by atoms with Gasteiger partial charge < -0.3 is 9.47 Å². The summed E-state index contributed by atoms with van der Waals surface area (Å²) in [4.78, 5) is 10.9. The second kappa shape index (κ2) is 5.70. The Morgan fingerprint density at radius 2 is 2.27 bits per heavy atom. The number of benzene rings is 1. The molecular formula is C10H10BrFO3. The molecule has 3 nitrogen and oxygen atoms in total. The number of hydrogen-bond acceptors (Lipinski definition) is 3. The van der Waals surface area contributed by atoms with Gasteiger partial charge in [-0.05, 0) is 25.1 Å². The Morgan fingerprint density at radius 3 is 2.87 bits per heavy atom. The predicted molar refractivity (Wildman–Crippen MR) is 56.2 cm³/mol. The summed E-state index contributed by atoms with van der Waals surface area (Å²) in [7, 11) is 0. The second-order valence-electron chi connectivity index (χ2n) is 2.67. The molecule has 0 unspecified atom stereocenters. The molecule has 0 saturated heterocycles. The van der Waals surface area contributed by atoms with Gasteiger partial charge in [0, 0.05) is 4.47 Å². The van der Waals surface area contributed by atoms with E-state index in [1.54, 1.807) is 13.0 Å². The summed E-state index contributed by atoms with van der Waals surface area (Å²) in [5.74, 6) is -1.00. The molecule has 1 aromatic rings. The Labute approximate surface area is 95.3 Å². The van der Waals surface area contributed by atoms with E-state index < -0.39 is 11.8 Å². The first-order valence-electron chi connectivity index (χ1n) is 4.37. The summed E-state index contributed by atoms with van der Waals surface area (Å²) in [6.07, 6.45) is 0. The van der Waals surface area contributed by atoms with E-state index in [-0.39, 0.29) is 19.0 Å². The summed E-state index contributed by atoms with van der Waals surface area (Å²) >= 11 is 3.11. The maximum absolute atomic E-state index is 13.2. The Morgan fingerprint density at radius 1 is 1.53 bits per heavy atom. The van der Waals surface area contributed by atoms with E-state index in [1.807, 2.05) is 0 Å². The molecule has 0 aliphatic carbocycles. The van der Waals surface area contributed by atoms with Crippen LogP contribution in [0, 0.1) is 5.82 Å². The van der Waals surface area contributed by atoms with Crippen LogP contribution in [0.2, 0.25) is 0 Å². The summed E-state index contributed by atoms with van der Waals surface area (Å²) < 4.78 is 23.4. The van der Waals surface area contributed by atoms with Gasteiger partial charge in [-0.1, -0.05) is 15.9 Å². The van der Waals surface area contributed by atoms with Gasteiger partial charge in [0.05, 0.1) is 6.61 Å². The molecule has 0 atom stereocenters. The molecule has 0 N–H and O–H groups in total. The van der Waals surface area contributed by atoms with Gasteiger partial charge in [0.25, 0.3) is 0 Å². The molecule has 15 heavy (non-hydrogen) atoms. The van der Waals surface area contributed by atoms with Gasteiger partial charge in [-0.25, -0.2) is 9.18 Å². The zero-order valence-corrected chi connectivity index (χ0v) is 9.71. The summed E-state index contributed by atoms with van der Waals surface area (Å²) in [6, 6.07) is 4.34. The lowest BCUT2D eigenvalue weighted by Crippen LogP contribution is -2.15. The Balaban J connectivity index is 2.54. The summed E-state index contributed by atoms with van der Waals surface area (Å²) in [6.45, 7) is 1.69. The third-order valence-corrected chi connectivity index (χ3v) is 2.04. The fraction of sp³-hybridized carbons (Fsp3) is 0.300. The summed E-state index contributed by atoms with van der Waals surface area (Å²) in [5, 5.41) is 0. The number of rotatable bonds is 4. The van der Waals surface area contributed by atoms with Crippen molar-refractivity contribution < 1.29 is 18.7 Å². The molecule has 0 aliphatic rings. The SMILES string of the molecule is CCOC(=O)COc1ccc(Br)cc1F. The highest BCUT2D eigenvalue weighted by Gasteiger charge is 2.07. The third-order valence-electron chi connectivity index (χ3n) is 1.54. The van der Waals surface area contributed by atoms with Crippen LogP contribution in [0.4, 0.5) is 4.39 Å². The van der Waals surface area contributed by atoms with E-state index in [9.17, 15) is 9.18 Å². The van der Waals surface area contributed by atoms with Gasteiger partial charge in [-0.3, -0.25) is 0 Å². The maximum atomic E-state index is 13.2. The smallest absolute Gasteiger partial charge is 0.344 e. The quantitative estimate of drug-likeness (QED) is 0.793. The lowest BCUT2D eigenvalue weighted by Gasteiger charge is -2.06. The lowest BCUT2D eigenvalue weighted by molar-refractivity contribution is -0.145. The van der Waals surface area contributed by atoms with E-state index in [2.05, 4.69) is 20.7 Å². The standard InChI is InChI=1S/C10H10BrFO3/c1-2-14-10(13)6-15-9-4-3-7(11)5-8(9)12/h3-5H,2,6H2,1H3. The lowest BCUT2D eigenvalue weighted by atomic mass is 10.3. The molecule has 0 fully saturated rings. The topological polar surface area (TPSA) is 35.5 Å². The highest BCUT2D eigenvalue weighted by Crippen LogP contribution is 2.21. The van der Waals surface area contributed by atoms with Crippen LogP contribution in [0.25, 0.3) is 0 Å². The molecule has 0 saturated carbocycles. The minimum atomic E-state index is -0.520. The second-order valence-corrected chi connectivity index (χ2v) is 3.58. The van der Waals surface area contributed by atoms with Crippen LogP contribution in [-0.4, -0.2) is 19.2 Å². The van der Waals surface area contributed by atoms with Crippen LogP contribution in [0.15, 0.2) is 22.7 Å². The summed E-state index contributed by atoms with van der Waals surface area (Å²) in [5.41, 5.74) is 0. The first-order chi connectivity index (χ1) is 7.13. The highest BCUT2D eigenvalue weighted by atomic mass is 79.9. The monoisotopic (exact) mass is 276 g/mol. The molecule has 0 radical (unpaired) electrons. The number of carbonyl (C=O) groups is 1. The molecule has 0 heterocycles. The van der Waals surface area contributed by atoms with Gasteiger partial charge in [0.15, 0.2) is 18.2 Å². The van der Waals surface area contributed by atoms with Crippen molar-refractivity contribution >= 4 is 21.9 Å². The van der Waals surface area contributed by atoms with Crippen molar-refractivity contribution in [3.63, 3.8) is 0 Å². The van der Waals surface area contributed by atoms with Gasteiger partial charge in [0.2, 0.25) is 0 Å². The zero-order chi connectivity index (χ0) is 11.3. The minimum absolute atomic E-state index is 0.0336. The first kappa shape index (κ1) is 12.0. The molecule has 0 aromatic heterocycles. The van der Waals surface area contributed by atoms with E-state index in [0.717, 1.165) is 0 Å². The third kappa shape index (κ3) is 3.87. The van der Waals surface area contributed by atoms with Crippen LogP contribution in [0.3, 0.4) is 0 Å².